The fourth-order valence-corrected chi connectivity index (χ4v) is 5.93. The average Bonchev–Trinajstić information content (AvgIpc) is 3.60. The number of benzene rings is 3. The van der Waals surface area contributed by atoms with Crippen LogP contribution in [0.15, 0.2) is 72.8 Å². The van der Waals surface area contributed by atoms with E-state index in [0.717, 1.165) is 14.7 Å². The minimum atomic E-state index is -1.02. The Morgan fingerprint density at radius 1 is 0.447 bits per heavy atom. The van der Waals surface area contributed by atoms with Crippen molar-refractivity contribution in [1.29, 1.82) is 0 Å². The first kappa shape index (κ1) is 31.9. The van der Waals surface area contributed by atoms with Gasteiger partial charge in [-0.1, -0.05) is 43.3 Å². The SMILES string of the molecule is CC(OCC(C)(COC(C)N1C(=O)c2ccccc2C1=O)COC(C)N1C(=O)c2ccccc2C1=O)N1C(=O)c2ccccc2C1=O. The number of nitrogens with zero attached hydrogens (tertiary/aromatic N) is 3. The predicted octanol–water partition coefficient (Wildman–Crippen LogP) is 3.97. The Morgan fingerprint density at radius 3 is 0.830 bits per heavy atom. The van der Waals surface area contributed by atoms with Gasteiger partial charge >= 0.3 is 0 Å². The zero-order valence-corrected chi connectivity index (χ0v) is 26.3. The molecule has 3 aromatic rings. The van der Waals surface area contributed by atoms with Gasteiger partial charge in [-0.25, -0.2) is 14.7 Å². The molecule has 0 N–H and O–H groups in total. The summed E-state index contributed by atoms with van der Waals surface area (Å²) in [5.41, 5.74) is 0.684. The van der Waals surface area contributed by atoms with Crippen molar-refractivity contribution in [2.45, 2.75) is 46.4 Å². The maximum Gasteiger partial charge on any atom is 0.263 e. The third kappa shape index (κ3) is 5.54. The van der Waals surface area contributed by atoms with E-state index in [0.29, 0.717) is 0 Å². The Balaban J connectivity index is 1.17. The summed E-state index contributed by atoms with van der Waals surface area (Å²) in [7, 11) is 0. The maximum absolute atomic E-state index is 13.0. The lowest BCUT2D eigenvalue weighted by atomic mass is 9.94. The van der Waals surface area contributed by atoms with Gasteiger partial charge in [0, 0.05) is 5.41 Å². The van der Waals surface area contributed by atoms with E-state index in [1.165, 1.54) is 0 Å². The highest BCUT2D eigenvalue weighted by molar-refractivity contribution is 6.22. The Bertz CT molecular complexity index is 1510. The summed E-state index contributed by atoms with van der Waals surface area (Å²) in [6, 6.07) is 19.5. The summed E-state index contributed by atoms with van der Waals surface area (Å²) in [5.74, 6) is -2.88. The van der Waals surface area contributed by atoms with Gasteiger partial charge in [-0.15, -0.1) is 0 Å². The fourth-order valence-electron chi connectivity index (χ4n) is 5.93. The molecule has 3 atom stereocenters. The lowest BCUT2D eigenvalue weighted by molar-refractivity contribution is -0.134. The summed E-state index contributed by atoms with van der Waals surface area (Å²) < 4.78 is 18.3. The van der Waals surface area contributed by atoms with E-state index in [1.54, 1.807) is 100 Å². The molecule has 0 aliphatic carbocycles. The second-order valence-corrected chi connectivity index (χ2v) is 12.1. The Kier molecular flexibility index (Phi) is 8.35. The number of hydrogen-bond donors (Lipinski definition) is 0. The van der Waals surface area contributed by atoms with Gasteiger partial charge in [0.25, 0.3) is 35.4 Å². The van der Waals surface area contributed by atoms with E-state index in [2.05, 4.69) is 0 Å². The van der Waals surface area contributed by atoms with Crippen molar-refractivity contribution in [3.63, 3.8) is 0 Å². The lowest BCUT2D eigenvalue weighted by Crippen LogP contribution is -2.47. The lowest BCUT2D eigenvalue weighted by Gasteiger charge is -2.35. The fraction of sp³-hybridized carbons (Fsp3) is 0.314. The molecule has 3 aliphatic heterocycles. The second-order valence-electron chi connectivity index (χ2n) is 12.1. The van der Waals surface area contributed by atoms with Gasteiger partial charge in [0.05, 0.1) is 53.2 Å². The Hall–Kier alpha value is -5.04. The number of imide groups is 3. The average molecular weight is 640 g/mol. The minimum absolute atomic E-state index is 0.106. The highest BCUT2D eigenvalue weighted by atomic mass is 16.5. The molecule has 12 nitrogen and oxygen atoms in total. The third-order valence-corrected chi connectivity index (χ3v) is 8.59. The van der Waals surface area contributed by atoms with E-state index in [-0.39, 0.29) is 53.2 Å². The predicted molar refractivity (Wildman–Crippen MR) is 165 cm³/mol. The topological polar surface area (TPSA) is 140 Å². The van der Waals surface area contributed by atoms with Gasteiger partial charge in [0.2, 0.25) is 0 Å². The number of ether oxygens (including phenoxy) is 3. The molecule has 6 amide bonds. The number of fused-ring (bicyclic) bond motifs is 3. The zero-order valence-electron chi connectivity index (χ0n) is 26.3. The van der Waals surface area contributed by atoms with Crippen LogP contribution in [0.1, 0.15) is 89.8 Å². The van der Waals surface area contributed by atoms with Crippen LogP contribution in [0.3, 0.4) is 0 Å². The normalized spacial score (nSPS) is 18.8. The summed E-state index contributed by atoms with van der Waals surface area (Å²) in [6.45, 7) is 6.17. The van der Waals surface area contributed by atoms with Crippen LogP contribution >= 0.6 is 0 Å². The molecular weight excluding hydrogens is 606 g/mol. The molecule has 47 heavy (non-hydrogen) atoms. The van der Waals surface area contributed by atoms with Gasteiger partial charge in [-0.3, -0.25) is 28.8 Å². The molecule has 12 heteroatoms. The first-order chi connectivity index (χ1) is 22.4. The number of carbonyl (C=O) groups excluding carboxylic acids is 6. The largest absolute Gasteiger partial charge is 0.357 e. The van der Waals surface area contributed by atoms with Crippen LogP contribution in [0.25, 0.3) is 0 Å². The molecular formula is C35H33N3O9. The monoisotopic (exact) mass is 639 g/mol. The van der Waals surface area contributed by atoms with Crippen molar-refractivity contribution in [3.05, 3.63) is 106 Å². The number of amides is 6. The van der Waals surface area contributed by atoms with Crippen LogP contribution in [0.4, 0.5) is 0 Å². The number of carbonyl (C=O) groups is 6. The molecule has 0 aromatic heterocycles. The molecule has 0 fully saturated rings. The van der Waals surface area contributed by atoms with E-state index in [9.17, 15) is 28.8 Å². The molecule has 0 saturated carbocycles. The molecule has 3 heterocycles. The van der Waals surface area contributed by atoms with Gasteiger partial charge in [-0.05, 0) is 57.2 Å². The quantitative estimate of drug-likeness (QED) is 0.269. The molecule has 0 bridgehead atoms. The molecule has 3 aromatic carbocycles. The van der Waals surface area contributed by atoms with Gasteiger partial charge in [-0.2, -0.15) is 0 Å². The molecule has 3 unspecified atom stereocenters. The van der Waals surface area contributed by atoms with E-state index in [4.69, 9.17) is 14.2 Å². The highest BCUT2D eigenvalue weighted by Gasteiger charge is 2.43. The van der Waals surface area contributed by atoms with Crippen molar-refractivity contribution in [3.8, 4) is 0 Å². The van der Waals surface area contributed by atoms with Gasteiger partial charge < -0.3 is 14.2 Å². The molecule has 0 saturated heterocycles. The Morgan fingerprint density at radius 2 is 0.638 bits per heavy atom. The van der Waals surface area contributed by atoms with E-state index in [1.807, 2.05) is 0 Å². The number of rotatable bonds is 12. The van der Waals surface area contributed by atoms with Crippen LogP contribution < -0.4 is 0 Å². The summed E-state index contributed by atoms with van der Waals surface area (Å²) in [6.07, 6.45) is -2.91. The summed E-state index contributed by atoms with van der Waals surface area (Å²) >= 11 is 0. The molecule has 0 spiro atoms. The van der Waals surface area contributed by atoms with Gasteiger partial charge in [0.15, 0.2) is 0 Å². The van der Waals surface area contributed by atoms with E-state index >= 15 is 0 Å². The standard InChI is InChI=1S/C35H33N3O9/c1-20(36-29(39)23-11-5-6-12-24(23)30(36)40)45-17-35(4,18-46-21(2)37-31(41)25-13-7-8-14-26(25)32(37)42)19-47-22(3)38-33(43)27-15-9-10-16-28(27)34(38)44/h5-16,20-22H,17-19H2,1-4H3. The van der Waals surface area contributed by atoms with Crippen LogP contribution in [0.5, 0.6) is 0 Å². The zero-order chi connectivity index (χ0) is 33.6. The van der Waals surface area contributed by atoms with E-state index < -0.39 is 59.5 Å². The van der Waals surface area contributed by atoms with Crippen LogP contribution in [0.2, 0.25) is 0 Å². The van der Waals surface area contributed by atoms with Crippen molar-refractivity contribution < 1.29 is 43.0 Å². The van der Waals surface area contributed by atoms with Crippen molar-refractivity contribution in [2.24, 2.45) is 5.41 Å². The van der Waals surface area contributed by atoms with Gasteiger partial charge in [0.1, 0.15) is 18.7 Å². The molecule has 3 aliphatic rings. The molecule has 0 radical (unpaired) electrons. The maximum atomic E-state index is 13.0. The third-order valence-electron chi connectivity index (χ3n) is 8.59. The van der Waals surface area contributed by atoms with Crippen molar-refractivity contribution >= 4 is 35.4 Å². The van der Waals surface area contributed by atoms with Crippen molar-refractivity contribution in [2.75, 3.05) is 19.8 Å². The highest BCUT2D eigenvalue weighted by Crippen LogP contribution is 2.30. The summed E-state index contributed by atoms with van der Waals surface area (Å²) in [4.78, 5) is 81.4. The van der Waals surface area contributed by atoms with Crippen molar-refractivity contribution in [1.82, 2.24) is 14.7 Å². The van der Waals surface area contributed by atoms with Crippen LogP contribution in [-0.2, 0) is 14.2 Å². The number of hydrogen-bond acceptors (Lipinski definition) is 9. The minimum Gasteiger partial charge on any atom is -0.357 e. The van der Waals surface area contributed by atoms with Crippen LogP contribution in [0, 0.1) is 5.41 Å². The van der Waals surface area contributed by atoms with Crippen LogP contribution in [-0.4, -0.2) is 88.6 Å². The molecule has 242 valence electrons. The molecule has 6 rings (SSSR count). The smallest absolute Gasteiger partial charge is 0.263 e. The first-order valence-corrected chi connectivity index (χ1v) is 15.2. The summed E-state index contributed by atoms with van der Waals surface area (Å²) in [5, 5.41) is 0. The first-order valence-electron chi connectivity index (χ1n) is 15.2. The second kappa shape index (κ2) is 12.3. The Labute approximate surface area is 270 Å².